The zero-order chi connectivity index (χ0) is 17.5. The normalized spacial score (nSPS) is 10.3. The summed E-state index contributed by atoms with van der Waals surface area (Å²) in [5.74, 6) is 0.890. The van der Waals surface area contributed by atoms with Crippen molar-refractivity contribution in [2.24, 2.45) is 0 Å². The van der Waals surface area contributed by atoms with E-state index in [0.29, 0.717) is 36.6 Å². The van der Waals surface area contributed by atoms with Gasteiger partial charge in [0.1, 0.15) is 13.2 Å². The molecule has 0 bridgehead atoms. The number of carbonyl (C=O) groups excluding carboxylic acids is 1. The molecule has 0 aliphatic carbocycles. The summed E-state index contributed by atoms with van der Waals surface area (Å²) in [7, 11) is 0. The van der Waals surface area contributed by atoms with Gasteiger partial charge in [0.05, 0.1) is 5.02 Å². The second-order valence-corrected chi connectivity index (χ2v) is 5.84. The summed E-state index contributed by atoms with van der Waals surface area (Å²) in [6.45, 7) is 0.726. The Balaban J connectivity index is 1.81. The maximum atomic E-state index is 11.2. The predicted molar refractivity (Wildman–Crippen MR) is 98.4 cm³/mol. The third kappa shape index (κ3) is 4.40. The third-order valence-electron chi connectivity index (χ3n) is 3.68. The predicted octanol–water partition coefficient (Wildman–Crippen LogP) is 5.31. The van der Waals surface area contributed by atoms with Gasteiger partial charge in [-0.1, -0.05) is 72.3 Å². The first-order valence-corrected chi connectivity index (χ1v) is 8.27. The van der Waals surface area contributed by atoms with Crippen molar-refractivity contribution in [1.29, 1.82) is 0 Å². The van der Waals surface area contributed by atoms with Crippen molar-refractivity contribution in [3.05, 3.63) is 94.5 Å². The number of ether oxygens (including phenoxy) is 2. The van der Waals surface area contributed by atoms with E-state index in [1.165, 1.54) is 0 Å². The van der Waals surface area contributed by atoms with Crippen LogP contribution >= 0.6 is 11.6 Å². The molecule has 3 aromatic carbocycles. The maximum Gasteiger partial charge on any atom is 0.180 e. The fourth-order valence-electron chi connectivity index (χ4n) is 2.36. The fourth-order valence-corrected chi connectivity index (χ4v) is 2.61. The average Bonchev–Trinajstić information content (AvgIpc) is 2.67. The average molecular weight is 353 g/mol. The number of halogens is 1. The highest BCUT2D eigenvalue weighted by Crippen LogP contribution is 2.38. The first-order chi connectivity index (χ1) is 12.3. The molecule has 126 valence electrons. The zero-order valence-electron chi connectivity index (χ0n) is 13.5. The van der Waals surface area contributed by atoms with E-state index in [-0.39, 0.29) is 5.02 Å². The van der Waals surface area contributed by atoms with Gasteiger partial charge < -0.3 is 9.47 Å². The molecule has 0 fully saturated rings. The van der Waals surface area contributed by atoms with E-state index in [9.17, 15) is 4.79 Å². The summed E-state index contributed by atoms with van der Waals surface area (Å²) in [5.41, 5.74) is 2.41. The highest BCUT2D eigenvalue weighted by Gasteiger charge is 2.15. The summed E-state index contributed by atoms with van der Waals surface area (Å²) >= 11 is 6.33. The lowest BCUT2D eigenvalue weighted by Gasteiger charge is -2.15. The summed E-state index contributed by atoms with van der Waals surface area (Å²) in [4.78, 5) is 11.2. The van der Waals surface area contributed by atoms with Crippen LogP contribution in [0.3, 0.4) is 0 Å². The third-order valence-corrected chi connectivity index (χ3v) is 4.07. The summed E-state index contributed by atoms with van der Waals surface area (Å²) in [5, 5.41) is 0.261. The van der Waals surface area contributed by atoms with E-state index in [4.69, 9.17) is 21.1 Å². The molecule has 3 nitrogen and oxygen atoms in total. The molecule has 0 heterocycles. The van der Waals surface area contributed by atoms with Crippen LogP contribution in [0.1, 0.15) is 21.5 Å². The minimum atomic E-state index is 0.261. The Morgan fingerprint density at radius 3 is 1.88 bits per heavy atom. The van der Waals surface area contributed by atoms with Gasteiger partial charge >= 0.3 is 0 Å². The zero-order valence-corrected chi connectivity index (χ0v) is 14.3. The lowest BCUT2D eigenvalue weighted by Crippen LogP contribution is -2.02. The highest BCUT2D eigenvalue weighted by molar-refractivity contribution is 6.34. The molecule has 0 amide bonds. The van der Waals surface area contributed by atoms with Gasteiger partial charge in [0.25, 0.3) is 0 Å². The standard InChI is InChI=1S/C21H17ClO3/c22-20-18(13-23)11-12-19(24-14-16-7-3-1-4-8-16)21(20)25-15-17-9-5-2-6-10-17/h1-13H,14-15H2. The van der Waals surface area contributed by atoms with Crippen molar-refractivity contribution < 1.29 is 14.3 Å². The van der Waals surface area contributed by atoms with Crippen LogP contribution in [0, 0.1) is 0 Å². The Kier molecular flexibility index (Phi) is 5.70. The van der Waals surface area contributed by atoms with Crippen molar-refractivity contribution in [2.75, 3.05) is 0 Å². The summed E-state index contributed by atoms with van der Waals surface area (Å²) < 4.78 is 11.7. The first-order valence-electron chi connectivity index (χ1n) is 7.89. The summed E-state index contributed by atoms with van der Waals surface area (Å²) in [6, 6.07) is 22.9. The van der Waals surface area contributed by atoms with Gasteiger partial charge in [-0.15, -0.1) is 0 Å². The Hall–Kier alpha value is -2.78. The second kappa shape index (κ2) is 8.36. The SMILES string of the molecule is O=Cc1ccc(OCc2ccccc2)c(OCc2ccccc2)c1Cl. The van der Waals surface area contributed by atoms with Crippen LogP contribution in [-0.4, -0.2) is 6.29 Å². The molecule has 0 N–H and O–H groups in total. The van der Waals surface area contributed by atoms with E-state index in [1.54, 1.807) is 12.1 Å². The number of rotatable bonds is 7. The van der Waals surface area contributed by atoms with Gasteiger partial charge in [0.15, 0.2) is 17.8 Å². The number of benzene rings is 3. The molecule has 0 unspecified atom stereocenters. The van der Waals surface area contributed by atoms with Crippen molar-refractivity contribution in [1.82, 2.24) is 0 Å². The van der Waals surface area contributed by atoms with Crippen LogP contribution < -0.4 is 9.47 Å². The molecule has 3 aromatic rings. The second-order valence-electron chi connectivity index (χ2n) is 5.46. The quantitative estimate of drug-likeness (QED) is 0.540. The lowest BCUT2D eigenvalue weighted by atomic mass is 10.2. The highest BCUT2D eigenvalue weighted by atomic mass is 35.5. The van der Waals surface area contributed by atoms with Crippen molar-refractivity contribution in [3.63, 3.8) is 0 Å². The van der Waals surface area contributed by atoms with Crippen LogP contribution in [0.15, 0.2) is 72.8 Å². The van der Waals surface area contributed by atoms with Gasteiger partial charge in [-0.3, -0.25) is 4.79 Å². The number of aldehydes is 1. The van der Waals surface area contributed by atoms with E-state index >= 15 is 0 Å². The monoisotopic (exact) mass is 352 g/mol. The van der Waals surface area contributed by atoms with Crippen LogP contribution in [-0.2, 0) is 13.2 Å². The van der Waals surface area contributed by atoms with E-state index in [0.717, 1.165) is 11.1 Å². The Labute approximate surface area is 151 Å². The molecule has 0 atom stereocenters. The van der Waals surface area contributed by atoms with Gasteiger partial charge in [-0.05, 0) is 23.3 Å². The Morgan fingerprint density at radius 1 is 0.760 bits per heavy atom. The molecule has 0 aromatic heterocycles. The molecule has 0 saturated heterocycles. The van der Waals surface area contributed by atoms with Crippen LogP contribution in [0.5, 0.6) is 11.5 Å². The minimum Gasteiger partial charge on any atom is -0.485 e. The molecule has 25 heavy (non-hydrogen) atoms. The molecule has 0 aliphatic heterocycles. The number of hydrogen-bond donors (Lipinski definition) is 0. The van der Waals surface area contributed by atoms with E-state index < -0.39 is 0 Å². The maximum absolute atomic E-state index is 11.2. The van der Waals surface area contributed by atoms with Gasteiger partial charge in [-0.25, -0.2) is 0 Å². The van der Waals surface area contributed by atoms with Gasteiger partial charge in [0.2, 0.25) is 0 Å². The van der Waals surface area contributed by atoms with E-state index in [2.05, 4.69) is 0 Å². The van der Waals surface area contributed by atoms with Crippen LogP contribution in [0.2, 0.25) is 5.02 Å². The molecule has 3 rings (SSSR count). The molecule has 0 radical (unpaired) electrons. The smallest absolute Gasteiger partial charge is 0.180 e. The van der Waals surface area contributed by atoms with Gasteiger partial charge in [0, 0.05) is 5.56 Å². The first kappa shape index (κ1) is 17.1. The number of carbonyl (C=O) groups is 1. The molecule has 0 aliphatic rings. The van der Waals surface area contributed by atoms with Crippen molar-refractivity contribution >= 4 is 17.9 Å². The number of hydrogen-bond acceptors (Lipinski definition) is 3. The molecule has 0 saturated carbocycles. The van der Waals surface area contributed by atoms with Crippen molar-refractivity contribution in [3.8, 4) is 11.5 Å². The Bertz CT molecular complexity index is 833. The molecular formula is C21H17ClO3. The fraction of sp³-hybridized carbons (Fsp3) is 0.0952. The lowest BCUT2D eigenvalue weighted by molar-refractivity contribution is 0.112. The Morgan fingerprint density at radius 2 is 1.32 bits per heavy atom. The molecule has 0 spiro atoms. The largest absolute Gasteiger partial charge is 0.485 e. The molecular weight excluding hydrogens is 336 g/mol. The van der Waals surface area contributed by atoms with E-state index in [1.807, 2.05) is 60.7 Å². The van der Waals surface area contributed by atoms with Crippen LogP contribution in [0.4, 0.5) is 0 Å². The van der Waals surface area contributed by atoms with Crippen LogP contribution in [0.25, 0.3) is 0 Å². The molecule has 4 heteroatoms. The topological polar surface area (TPSA) is 35.5 Å². The van der Waals surface area contributed by atoms with Crippen molar-refractivity contribution in [2.45, 2.75) is 13.2 Å². The minimum absolute atomic E-state index is 0.261. The summed E-state index contributed by atoms with van der Waals surface area (Å²) in [6.07, 6.45) is 0.707. The van der Waals surface area contributed by atoms with Gasteiger partial charge in [-0.2, -0.15) is 0 Å².